The van der Waals surface area contributed by atoms with Gasteiger partial charge in [0.2, 0.25) is 0 Å². The van der Waals surface area contributed by atoms with Gasteiger partial charge in [0.05, 0.1) is 5.69 Å². The number of benzene rings is 10. The van der Waals surface area contributed by atoms with E-state index in [9.17, 15) is 0 Å². The molecule has 0 saturated heterocycles. The van der Waals surface area contributed by atoms with E-state index in [2.05, 4.69) is 241 Å². The average molecular weight is 792 g/mol. The molecule has 0 amide bonds. The van der Waals surface area contributed by atoms with Crippen LogP contribution in [0.2, 0.25) is 0 Å². The molecule has 0 aliphatic carbocycles. The smallest absolute Gasteiger partial charge is 0.143 e. The standard InChI is InChI=1S/C60H41NO/c1-4-17-42(18-5-1)44-31-36-48(37-32-44)61(49-38-33-46(34-39-49)51-27-16-28-56-55-26-13-15-30-59(55)62-60(51)56)58-29-14-12-25-54(58)52-23-10-11-24-53(52)57-41-47(43-19-6-2-7-20-43)35-40-50(57)45-21-8-3-9-22-45/h1-41H. The second kappa shape index (κ2) is 16.1. The van der Waals surface area contributed by atoms with Gasteiger partial charge in [-0.3, -0.25) is 0 Å². The third-order valence-electron chi connectivity index (χ3n) is 11.9. The Hall–Kier alpha value is -8.20. The van der Waals surface area contributed by atoms with Gasteiger partial charge in [0.1, 0.15) is 11.2 Å². The maximum absolute atomic E-state index is 6.47. The molecule has 2 heteroatoms. The Bertz CT molecular complexity index is 3310. The lowest BCUT2D eigenvalue weighted by molar-refractivity contribution is 0.670. The molecule has 0 saturated carbocycles. The summed E-state index contributed by atoms with van der Waals surface area (Å²) < 4.78 is 6.47. The highest BCUT2D eigenvalue weighted by Crippen LogP contribution is 2.47. The Kier molecular flexibility index (Phi) is 9.57. The van der Waals surface area contributed by atoms with Gasteiger partial charge in [-0.05, 0) is 98.1 Å². The molecule has 0 aliphatic heterocycles. The molecule has 0 bridgehead atoms. The van der Waals surface area contributed by atoms with E-state index < -0.39 is 0 Å². The molecule has 11 aromatic rings. The predicted molar refractivity (Wildman–Crippen MR) is 261 cm³/mol. The largest absolute Gasteiger partial charge is 0.455 e. The summed E-state index contributed by atoms with van der Waals surface area (Å²) in [6, 6.07) is 89.1. The van der Waals surface area contributed by atoms with Crippen molar-refractivity contribution in [1.82, 2.24) is 0 Å². The zero-order valence-corrected chi connectivity index (χ0v) is 34.0. The SMILES string of the molecule is c1ccc(-c2ccc(N(c3ccc(-c4cccc5c4oc4ccccc45)cc3)c3ccccc3-c3ccccc3-c3cc(-c4ccccc4)ccc3-c3ccccc3)cc2)cc1. The fraction of sp³-hybridized carbons (Fsp3) is 0. The lowest BCUT2D eigenvalue weighted by Gasteiger charge is -2.29. The van der Waals surface area contributed by atoms with E-state index in [1.54, 1.807) is 0 Å². The Balaban J connectivity index is 1.08. The predicted octanol–water partition coefficient (Wildman–Crippen LogP) is 17.1. The van der Waals surface area contributed by atoms with Gasteiger partial charge in [-0.15, -0.1) is 0 Å². The van der Waals surface area contributed by atoms with E-state index >= 15 is 0 Å². The van der Waals surface area contributed by atoms with Gasteiger partial charge in [-0.2, -0.15) is 0 Å². The van der Waals surface area contributed by atoms with Crippen LogP contribution >= 0.6 is 0 Å². The molecule has 1 aromatic heterocycles. The van der Waals surface area contributed by atoms with Gasteiger partial charge in [0, 0.05) is 33.3 Å². The Labute approximate surface area is 362 Å². The first-order valence-electron chi connectivity index (χ1n) is 21.2. The lowest BCUT2D eigenvalue weighted by atomic mass is 9.87. The van der Waals surface area contributed by atoms with Crippen molar-refractivity contribution in [1.29, 1.82) is 0 Å². The summed E-state index contributed by atoms with van der Waals surface area (Å²) in [6.07, 6.45) is 0. The van der Waals surface area contributed by atoms with Crippen molar-refractivity contribution < 1.29 is 4.42 Å². The first kappa shape index (κ1) is 36.8. The topological polar surface area (TPSA) is 16.4 Å². The van der Waals surface area contributed by atoms with Crippen LogP contribution in [0.15, 0.2) is 253 Å². The first-order chi connectivity index (χ1) is 30.8. The Morgan fingerprint density at radius 3 is 1.39 bits per heavy atom. The lowest BCUT2D eigenvalue weighted by Crippen LogP contribution is -2.11. The van der Waals surface area contributed by atoms with Crippen molar-refractivity contribution >= 4 is 39.0 Å². The van der Waals surface area contributed by atoms with Crippen LogP contribution in [-0.4, -0.2) is 0 Å². The van der Waals surface area contributed by atoms with Gasteiger partial charge in [0.15, 0.2) is 0 Å². The van der Waals surface area contributed by atoms with E-state index in [1.165, 1.54) is 44.5 Å². The van der Waals surface area contributed by atoms with Crippen molar-refractivity contribution in [3.05, 3.63) is 249 Å². The minimum absolute atomic E-state index is 0.899. The summed E-state index contributed by atoms with van der Waals surface area (Å²) in [5.74, 6) is 0. The van der Waals surface area contributed by atoms with Gasteiger partial charge in [-0.1, -0.05) is 206 Å². The van der Waals surface area contributed by atoms with Crippen LogP contribution in [0.5, 0.6) is 0 Å². The van der Waals surface area contributed by atoms with Crippen molar-refractivity contribution in [2.24, 2.45) is 0 Å². The zero-order valence-electron chi connectivity index (χ0n) is 34.0. The van der Waals surface area contributed by atoms with Crippen LogP contribution in [0.4, 0.5) is 17.1 Å². The molecule has 62 heavy (non-hydrogen) atoms. The number of hydrogen-bond donors (Lipinski definition) is 0. The first-order valence-corrected chi connectivity index (χ1v) is 21.2. The number of anilines is 3. The Morgan fingerprint density at radius 2 is 0.710 bits per heavy atom. The third-order valence-corrected chi connectivity index (χ3v) is 11.9. The number of rotatable bonds is 9. The van der Waals surface area contributed by atoms with Gasteiger partial charge < -0.3 is 9.32 Å². The summed E-state index contributed by atoms with van der Waals surface area (Å²) in [5, 5.41) is 2.25. The van der Waals surface area contributed by atoms with Crippen LogP contribution in [0.25, 0.3) is 88.7 Å². The van der Waals surface area contributed by atoms with Crippen molar-refractivity contribution in [2.75, 3.05) is 4.90 Å². The average Bonchev–Trinajstić information content (AvgIpc) is 3.75. The minimum atomic E-state index is 0.899. The second-order valence-corrected chi connectivity index (χ2v) is 15.6. The molecule has 292 valence electrons. The summed E-state index contributed by atoms with van der Waals surface area (Å²) in [4.78, 5) is 2.39. The normalized spacial score (nSPS) is 11.2. The molecule has 2 nitrogen and oxygen atoms in total. The molecular weight excluding hydrogens is 751 g/mol. The van der Waals surface area contributed by atoms with Crippen LogP contribution in [0, 0.1) is 0 Å². The maximum atomic E-state index is 6.47. The minimum Gasteiger partial charge on any atom is -0.455 e. The van der Waals surface area contributed by atoms with Crippen molar-refractivity contribution in [2.45, 2.75) is 0 Å². The van der Waals surface area contributed by atoms with Gasteiger partial charge in [0.25, 0.3) is 0 Å². The van der Waals surface area contributed by atoms with E-state index in [0.29, 0.717) is 0 Å². The fourth-order valence-electron chi connectivity index (χ4n) is 8.92. The molecule has 1 heterocycles. The summed E-state index contributed by atoms with van der Waals surface area (Å²) in [7, 11) is 0. The number of furan rings is 1. The monoisotopic (exact) mass is 791 g/mol. The highest BCUT2D eigenvalue weighted by atomic mass is 16.3. The number of para-hydroxylation sites is 3. The third kappa shape index (κ3) is 6.84. The van der Waals surface area contributed by atoms with E-state index in [1.807, 2.05) is 12.1 Å². The molecule has 0 spiro atoms. The van der Waals surface area contributed by atoms with Crippen LogP contribution in [0.1, 0.15) is 0 Å². The quantitative estimate of drug-likeness (QED) is 0.145. The molecule has 0 unspecified atom stereocenters. The number of hydrogen-bond acceptors (Lipinski definition) is 2. The molecule has 0 N–H and O–H groups in total. The molecular formula is C60H41NO. The van der Waals surface area contributed by atoms with Crippen molar-refractivity contribution in [3.63, 3.8) is 0 Å². The molecule has 10 aromatic carbocycles. The second-order valence-electron chi connectivity index (χ2n) is 15.6. The zero-order chi connectivity index (χ0) is 41.2. The van der Waals surface area contributed by atoms with Crippen molar-refractivity contribution in [3.8, 4) is 66.8 Å². The van der Waals surface area contributed by atoms with Gasteiger partial charge >= 0.3 is 0 Å². The summed E-state index contributed by atoms with van der Waals surface area (Å²) in [6.45, 7) is 0. The highest BCUT2D eigenvalue weighted by Gasteiger charge is 2.21. The van der Waals surface area contributed by atoms with Crippen LogP contribution in [-0.2, 0) is 0 Å². The molecule has 0 radical (unpaired) electrons. The van der Waals surface area contributed by atoms with E-state index in [0.717, 1.165) is 61.3 Å². The van der Waals surface area contributed by atoms with E-state index in [4.69, 9.17) is 4.42 Å². The van der Waals surface area contributed by atoms with Crippen LogP contribution < -0.4 is 4.90 Å². The number of nitrogens with zero attached hydrogens (tertiary/aromatic N) is 1. The fourth-order valence-corrected chi connectivity index (χ4v) is 8.92. The molecule has 0 atom stereocenters. The highest BCUT2D eigenvalue weighted by molar-refractivity contribution is 6.09. The molecule has 0 fully saturated rings. The van der Waals surface area contributed by atoms with Gasteiger partial charge in [-0.25, -0.2) is 0 Å². The molecule has 0 aliphatic rings. The molecule has 11 rings (SSSR count). The Morgan fingerprint density at radius 1 is 0.258 bits per heavy atom. The summed E-state index contributed by atoms with van der Waals surface area (Å²) >= 11 is 0. The van der Waals surface area contributed by atoms with Crippen LogP contribution in [0.3, 0.4) is 0 Å². The maximum Gasteiger partial charge on any atom is 0.143 e. The summed E-state index contributed by atoms with van der Waals surface area (Å²) in [5.41, 5.74) is 19.0. The van der Waals surface area contributed by atoms with E-state index in [-0.39, 0.29) is 0 Å². The number of fused-ring (bicyclic) bond motifs is 3.